The molecule has 9 heteroatoms. The molecule has 0 aliphatic carbocycles. The minimum Gasteiger partial charge on any atom is -0.285 e. The van der Waals surface area contributed by atoms with E-state index in [1.54, 1.807) is 28.1 Å². The number of amides is 1. The maximum atomic E-state index is 14.0. The lowest BCUT2D eigenvalue weighted by molar-refractivity contribution is -0.114. The smallest absolute Gasteiger partial charge is 0.268 e. The molecule has 4 aromatic rings. The van der Waals surface area contributed by atoms with Gasteiger partial charge in [-0.15, -0.1) is 11.3 Å². The van der Waals surface area contributed by atoms with Gasteiger partial charge in [0.1, 0.15) is 0 Å². The number of thiophene rings is 1. The number of carbonyl (C=O) groups is 2. The average Bonchev–Trinajstić information content (AvgIpc) is 3.65. The number of nitrogens with zero attached hydrogens (tertiary/aromatic N) is 3. The van der Waals surface area contributed by atoms with Gasteiger partial charge in [0.05, 0.1) is 15.5 Å². The number of rotatable bonds is 5. The summed E-state index contributed by atoms with van der Waals surface area (Å²) in [6.07, 6.45) is 1.89. The number of halogens is 1. The zero-order valence-electron chi connectivity index (χ0n) is 19.2. The highest BCUT2D eigenvalue weighted by Gasteiger charge is 2.60. The van der Waals surface area contributed by atoms with Crippen LogP contribution in [0.4, 0.5) is 11.4 Å². The van der Waals surface area contributed by atoms with Gasteiger partial charge >= 0.3 is 0 Å². The van der Waals surface area contributed by atoms with Gasteiger partial charge in [0.2, 0.25) is 10.1 Å². The van der Waals surface area contributed by atoms with E-state index in [-0.39, 0.29) is 11.7 Å². The van der Waals surface area contributed by atoms with Crippen molar-refractivity contribution in [3.05, 3.63) is 123 Å². The van der Waals surface area contributed by atoms with Gasteiger partial charge in [-0.1, -0.05) is 78.0 Å². The minimum atomic E-state index is -1.09. The normalized spacial score (nSPS) is 20.2. The number of hydrogen-bond acceptors (Lipinski definition) is 7. The number of Topliss-reactive ketones (excluding diaryl/α,β-unsaturated/α-hetero) is 1. The SMILES string of the molecule is O=C(C1=NN(c2ccc(Cl)cc2)C2(SC(=Cc3ccccc3)C(=O)N2c2ccccc2)S1)c1cccs1. The highest BCUT2D eigenvalue weighted by Crippen LogP contribution is 2.59. The number of hydrazone groups is 1. The molecule has 5 nitrogen and oxygen atoms in total. The minimum absolute atomic E-state index is 0.161. The fraction of sp³-hybridized carbons (Fsp3) is 0.0357. The van der Waals surface area contributed by atoms with Crippen molar-refractivity contribution in [1.82, 2.24) is 0 Å². The van der Waals surface area contributed by atoms with Crippen LogP contribution in [0.5, 0.6) is 0 Å². The second-order valence-corrected chi connectivity index (χ2v) is 12.2. The monoisotopic (exact) mass is 559 g/mol. The maximum Gasteiger partial charge on any atom is 0.268 e. The topological polar surface area (TPSA) is 53.0 Å². The summed E-state index contributed by atoms with van der Waals surface area (Å²) < 4.78 is -1.09. The molecule has 6 rings (SSSR count). The number of anilines is 2. The van der Waals surface area contributed by atoms with Crippen LogP contribution in [0.3, 0.4) is 0 Å². The molecule has 2 aliphatic heterocycles. The summed E-state index contributed by atoms with van der Waals surface area (Å²) in [5.41, 5.74) is 2.34. The fourth-order valence-electron chi connectivity index (χ4n) is 4.08. The third kappa shape index (κ3) is 4.40. The predicted molar refractivity (Wildman–Crippen MR) is 156 cm³/mol. The van der Waals surface area contributed by atoms with Gasteiger partial charge in [0.25, 0.3) is 5.91 Å². The molecule has 1 atom stereocenters. The van der Waals surface area contributed by atoms with Gasteiger partial charge in [0.15, 0.2) is 5.04 Å². The van der Waals surface area contributed by atoms with E-state index >= 15 is 0 Å². The van der Waals surface area contributed by atoms with Crippen LogP contribution in [0.2, 0.25) is 5.02 Å². The molecule has 0 bridgehead atoms. The first-order valence-electron chi connectivity index (χ1n) is 11.3. The average molecular weight is 560 g/mol. The molecule has 3 heterocycles. The standard InChI is InChI=1S/C28H18ClN3O2S3/c29-20-13-15-22(16-14-20)32-28(37-26(30-32)25(33)23-12-7-17-35-23)31(21-10-5-2-6-11-21)27(34)24(36-28)18-19-8-3-1-4-9-19/h1-18H. The Morgan fingerprint density at radius 2 is 1.54 bits per heavy atom. The van der Waals surface area contributed by atoms with Crippen LogP contribution in [0, 0.1) is 0 Å². The Bertz CT molecular complexity index is 1520. The number of benzene rings is 3. The summed E-state index contributed by atoms with van der Waals surface area (Å²) in [4.78, 5) is 30.4. The number of ketones is 1. The Morgan fingerprint density at radius 3 is 2.22 bits per heavy atom. The largest absolute Gasteiger partial charge is 0.285 e. The Hall–Kier alpha value is -3.30. The van der Waals surface area contributed by atoms with Gasteiger partial charge in [0, 0.05) is 10.7 Å². The van der Waals surface area contributed by atoms with Crippen molar-refractivity contribution in [1.29, 1.82) is 0 Å². The van der Waals surface area contributed by atoms with E-state index in [2.05, 4.69) is 0 Å². The third-order valence-corrected chi connectivity index (χ3v) is 9.59. The van der Waals surface area contributed by atoms with Crippen molar-refractivity contribution < 1.29 is 9.59 Å². The van der Waals surface area contributed by atoms with E-state index < -0.39 is 4.33 Å². The highest BCUT2D eigenvalue weighted by molar-refractivity contribution is 8.29. The molecule has 2 aliphatic rings. The number of carbonyl (C=O) groups excluding carboxylic acids is 2. The summed E-state index contributed by atoms with van der Waals surface area (Å²) in [7, 11) is 0. The second-order valence-electron chi connectivity index (χ2n) is 8.15. The molecular formula is C28H18ClN3O2S3. The number of hydrogen-bond donors (Lipinski definition) is 0. The van der Waals surface area contributed by atoms with Crippen LogP contribution >= 0.6 is 46.5 Å². The lowest BCUT2D eigenvalue weighted by Gasteiger charge is -2.38. The first-order chi connectivity index (χ1) is 18.0. The summed E-state index contributed by atoms with van der Waals surface area (Å²) in [5, 5.41) is 9.35. The molecule has 1 spiro atoms. The molecule has 1 saturated heterocycles. The van der Waals surface area contributed by atoms with Crippen LogP contribution < -0.4 is 9.91 Å². The fourth-order valence-corrected chi connectivity index (χ4v) is 7.87. The predicted octanol–water partition coefficient (Wildman–Crippen LogP) is 7.58. The molecule has 0 saturated carbocycles. The van der Waals surface area contributed by atoms with E-state index in [0.29, 0.717) is 31.2 Å². The quantitative estimate of drug-likeness (QED) is 0.186. The van der Waals surface area contributed by atoms with Gasteiger partial charge in [-0.05, 0) is 71.2 Å². The van der Waals surface area contributed by atoms with Crippen molar-refractivity contribution in [2.45, 2.75) is 4.33 Å². The number of para-hydroxylation sites is 1. The first kappa shape index (κ1) is 24.1. The summed E-state index contributed by atoms with van der Waals surface area (Å²) in [6, 6.07) is 30.1. The molecule has 1 aromatic heterocycles. The van der Waals surface area contributed by atoms with E-state index in [9.17, 15) is 9.59 Å². The van der Waals surface area contributed by atoms with Crippen LogP contribution in [0.25, 0.3) is 6.08 Å². The molecule has 1 unspecified atom stereocenters. The second kappa shape index (κ2) is 9.87. The molecule has 1 amide bonds. The molecule has 0 N–H and O–H groups in total. The van der Waals surface area contributed by atoms with Crippen molar-refractivity contribution in [2.24, 2.45) is 5.10 Å². The van der Waals surface area contributed by atoms with Crippen molar-refractivity contribution in [3.63, 3.8) is 0 Å². The molecule has 182 valence electrons. The highest BCUT2D eigenvalue weighted by atomic mass is 35.5. The Labute approximate surface area is 231 Å². The Kier molecular flexibility index (Phi) is 6.42. The van der Waals surface area contributed by atoms with Crippen molar-refractivity contribution in [3.8, 4) is 0 Å². The van der Waals surface area contributed by atoms with Crippen LogP contribution in [-0.4, -0.2) is 21.1 Å². The van der Waals surface area contributed by atoms with Crippen LogP contribution in [-0.2, 0) is 4.79 Å². The first-order valence-corrected chi connectivity index (χ1v) is 14.2. The third-order valence-electron chi connectivity index (χ3n) is 5.75. The Morgan fingerprint density at radius 1 is 0.838 bits per heavy atom. The van der Waals surface area contributed by atoms with Crippen LogP contribution in [0.1, 0.15) is 15.2 Å². The van der Waals surface area contributed by atoms with E-state index in [1.807, 2.05) is 90.3 Å². The maximum absolute atomic E-state index is 14.0. The molecule has 3 aromatic carbocycles. The van der Waals surface area contributed by atoms with Gasteiger partial charge < -0.3 is 0 Å². The lowest BCUT2D eigenvalue weighted by Crippen LogP contribution is -2.51. The molecule has 0 radical (unpaired) electrons. The van der Waals surface area contributed by atoms with Crippen LogP contribution in [0.15, 0.2) is 112 Å². The molecule has 1 fully saturated rings. The van der Waals surface area contributed by atoms with Gasteiger partial charge in [-0.25, -0.2) is 5.01 Å². The van der Waals surface area contributed by atoms with E-state index in [4.69, 9.17) is 16.7 Å². The lowest BCUT2D eigenvalue weighted by atomic mass is 10.2. The molecule has 37 heavy (non-hydrogen) atoms. The van der Waals surface area contributed by atoms with Crippen molar-refractivity contribution >= 4 is 80.6 Å². The summed E-state index contributed by atoms with van der Waals surface area (Å²) in [5.74, 6) is -0.330. The summed E-state index contributed by atoms with van der Waals surface area (Å²) >= 11 is 10.2. The van der Waals surface area contributed by atoms with Gasteiger partial charge in [-0.3, -0.25) is 14.5 Å². The summed E-state index contributed by atoms with van der Waals surface area (Å²) in [6.45, 7) is 0. The number of thioether (sulfide) groups is 2. The molecular weight excluding hydrogens is 542 g/mol. The Balaban J connectivity index is 1.52. The van der Waals surface area contributed by atoms with Gasteiger partial charge in [-0.2, -0.15) is 5.10 Å². The van der Waals surface area contributed by atoms with E-state index in [1.165, 1.54) is 34.9 Å². The van der Waals surface area contributed by atoms with E-state index in [0.717, 1.165) is 5.56 Å². The zero-order valence-corrected chi connectivity index (χ0v) is 22.4. The zero-order chi connectivity index (χ0) is 25.4. The van der Waals surface area contributed by atoms with Crippen molar-refractivity contribution in [2.75, 3.05) is 9.91 Å².